The van der Waals surface area contributed by atoms with Crippen LogP contribution in [-0.4, -0.2) is 33.7 Å². The van der Waals surface area contributed by atoms with Gasteiger partial charge in [0, 0.05) is 30.6 Å². The molecule has 0 aliphatic carbocycles. The average Bonchev–Trinajstić information content (AvgIpc) is 2.42. The molecular formula is C14H15N3O3. The molecule has 0 radical (unpaired) electrons. The average molecular weight is 273 g/mol. The molecule has 20 heavy (non-hydrogen) atoms. The number of rotatable bonds is 3. The van der Waals surface area contributed by atoms with Gasteiger partial charge in [0.05, 0.1) is 16.0 Å². The standard InChI is InChI=1S/C14H15N3O3/c1-2-14(18)8-16(9-14)13-6-3-10-7-11(17(19)20)4-5-12(10)15-13/h3-7,18H,2,8-9H2,1H3. The number of nitrogens with zero attached hydrogens (tertiary/aromatic N) is 3. The van der Waals surface area contributed by atoms with Gasteiger partial charge in [-0.25, -0.2) is 4.98 Å². The van der Waals surface area contributed by atoms with Crippen LogP contribution in [0.5, 0.6) is 0 Å². The molecule has 1 aromatic heterocycles. The molecular weight excluding hydrogens is 258 g/mol. The van der Waals surface area contributed by atoms with E-state index in [-0.39, 0.29) is 5.69 Å². The smallest absolute Gasteiger partial charge is 0.270 e. The first-order valence-corrected chi connectivity index (χ1v) is 6.53. The van der Waals surface area contributed by atoms with Crippen LogP contribution in [0.25, 0.3) is 10.9 Å². The fraction of sp³-hybridized carbons (Fsp3) is 0.357. The number of aromatic nitrogens is 1. The molecule has 1 aliphatic rings. The number of fused-ring (bicyclic) bond motifs is 1. The molecule has 1 aliphatic heterocycles. The van der Waals surface area contributed by atoms with Gasteiger partial charge in [-0.1, -0.05) is 6.92 Å². The van der Waals surface area contributed by atoms with Gasteiger partial charge in [0.25, 0.3) is 5.69 Å². The summed E-state index contributed by atoms with van der Waals surface area (Å²) < 4.78 is 0. The second-order valence-electron chi connectivity index (χ2n) is 5.24. The Bertz CT molecular complexity index is 680. The van der Waals surface area contributed by atoms with Crippen molar-refractivity contribution < 1.29 is 10.0 Å². The number of hydrogen-bond acceptors (Lipinski definition) is 5. The van der Waals surface area contributed by atoms with Crippen molar-refractivity contribution in [1.82, 2.24) is 4.98 Å². The first-order chi connectivity index (χ1) is 9.50. The zero-order chi connectivity index (χ0) is 14.3. The molecule has 0 amide bonds. The van der Waals surface area contributed by atoms with Crippen molar-refractivity contribution in [2.45, 2.75) is 18.9 Å². The van der Waals surface area contributed by atoms with Crippen LogP contribution < -0.4 is 4.90 Å². The number of non-ortho nitro benzene ring substituents is 1. The fourth-order valence-electron chi connectivity index (χ4n) is 2.44. The maximum atomic E-state index is 10.7. The number of anilines is 1. The third-order valence-corrected chi connectivity index (χ3v) is 3.82. The van der Waals surface area contributed by atoms with E-state index in [0.717, 1.165) is 23.1 Å². The van der Waals surface area contributed by atoms with Crippen molar-refractivity contribution in [3.63, 3.8) is 0 Å². The second kappa shape index (κ2) is 4.42. The van der Waals surface area contributed by atoms with Crippen LogP contribution in [0, 0.1) is 10.1 Å². The number of nitro groups is 1. The van der Waals surface area contributed by atoms with Gasteiger partial charge in [-0.2, -0.15) is 0 Å². The lowest BCUT2D eigenvalue weighted by Crippen LogP contribution is -2.61. The van der Waals surface area contributed by atoms with E-state index < -0.39 is 10.5 Å². The number of β-amino-alcohol motifs (C(OH)–C–C–N with tert-alkyl or cyclic N) is 1. The van der Waals surface area contributed by atoms with Gasteiger partial charge in [-0.15, -0.1) is 0 Å². The van der Waals surface area contributed by atoms with Crippen LogP contribution in [0.4, 0.5) is 11.5 Å². The van der Waals surface area contributed by atoms with Crippen LogP contribution in [-0.2, 0) is 0 Å². The summed E-state index contributed by atoms with van der Waals surface area (Å²) in [5, 5.41) is 21.5. The molecule has 2 heterocycles. The summed E-state index contributed by atoms with van der Waals surface area (Å²) in [5.41, 5.74) is 0.183. The topological polar surface area (TPSA) is 79.5 Å². The molecule has 1 N–H and O–H groups in total. The van der Waals surface area contributed by atoms with Crippen molar-refractivity contribution in [3.8, 4) is 0 Å². The van der Waals surface area contributed by atoms with Crippen molar-refractivity contribution in [2.75, 3.05) is 18.0 Å². The first kappa shape index (κ1) is 12.8. The maximum absolute atomic E-state index is 10.7. The molecule has 1 fully saturated rings. The van der Waals surface area contributed by atoms with Gasteiger partial charge >= 0.3 is 0 Å². The minimum Gasteiger partial charge on any atom is -0.386 e. The predicted molar refractivity (Wildman–Crippen MR) is 75.9 cm³/mol. The SMILES string of the molecule is CCC1(O)CN(c2ccc3cc([N+](=O)[O-])ccc3n2)C1. The van der Waals surface area contributed by atoms with E-state index in [1.165, 1.54) is 12.1 Å². The Morgan fingerprint density at radius 2 is 2.15 bits per heavy atom. The van der Waals surface area contributed by atoms with Crippen LogP contribution in [0.15, 0.2) is 30.3 Å². The highest BCUT2D eigenvalue weighted by molar-refractivity contribution is 5.82. The van der Waals surface area contributed by atoms with Crippen molar-refractivity contribution in [1.29, 1.82) is 0 Å². The van der Waals surface area contributed by atoms with E-state index >= 15 is 0 Å². The predicted octanol–water partition coefficient (Wildman–Crippen LogP) is 2.10. The first-order valence-electron chi connectivity index (χ1n) is 6.53. The lowest BCUT2D eigenvalue weighted by atomic mass is 9.91. The lowest BCUT2D eigenvalue weighted by Gasteiger charge is -2.46. The van der Waals surface area contributed by atoms with Crippen molar-refractivity contribution >= 4 is 22.4 Å². The highest BCUT2D eigenvalue weighted by atomic mass is 16.6. The van der Waals surface area contributed by atoms with Gasteiger partial charge in [-0.05, 0) is 24.6 Å². The Labute approximate surface area is 115 Å². The summed E-state index contributed by atoms with van der Waals surface area (Å²) in [6, 6.07) is 8.29. The van der Waals surface area contributed by atoms with Gasteiger partial charge in [0.2, 0.25) is 0 Å². The van der Waals surface area contributed by atoms with E-state index in [0.29, 0.717) is 13.1 Å². The number of nitro benzene ring substituents is 1. The monoisotopic (exact) mass is 273 g/mol. The van der Waals surface area contributed by atoms with E-state index in [1.54, 1.807) is 6.07 Å². The molecule has 104 valence electrons. The Morgan fingerprint density at radius 1 is 1.40 bits per heavy atom. The summed E-state index contributed by atoms with van der Waals surface area (Å²) in [6.07, 6.45) is 0.725. The lowest BCUT2D eigenvalue weighted by molar-refractivity contribution is -0.384. The molecule has 0 unspecified atom stereocenters. The minimum absolute atomic E-state index is 0.0661. The molecule has 3 rings (SSSR count). The molecule has 1 aromatic carbocycles. The van der Waals surface area contributed by atoms with Crippen LogP contribution >= 0.6 is 0 Å². The number of pyridine rings is 1. The van der Waals surface area contributed by atoms with E-state index in [4.69, 9.17) is 0 Å². The Balaban J connectivity index is 1.89. The fourth-order valence-corrected chi connectivity index (χ4v) is 2.44. The number of benzene rings is 1. The molecule has 6 heteroatoms. The number of aliphatic hydroxyl groups is 1. The zero-order valence-electron chi connectivity index (χ0n) is 11.1. The van der Waals surface area contributed by atoms with Crippen molar-refractivity contribution in [3.05, 3.63) is 40.4 Å². The third kappa shape index (κ3) is 2.08. The van der Waals surface area contributed by atoms with Crippen LogP contribution in [0.3, 0.4) is 0 Å². The molecule has 1 saturated heterocycles. The molecule has 0 spiro atoms. The summed E-state index contributed by atoms with van der Waals surface area (Å²) in [5.74, 6) is 0.796. The Hall–Kier alpha value is -2.21. The maximum Gasteiger partial charge on any atom is 0.270 e. The summed E-state index contributed by atoms with van der Waals surface area (Å²) >= 11 is 0. The highest BCUT2D eigenvalue weighted by Gasteiger charge is 2.40. The van der Waals surface area contributed by atoms with Crippen molar-refractivity contribution in [2.24, 2.45) is 0 Å². The van der Waals surface area contributed by atoms with E-state index in [1.807, 2.05) is 24.0 Å². The van der Waals surface area contributed by atoms with E-state index in [2.05, 4.69) is 4.98 Å². The minimum atomic E-state index is -0.605. The Kier molecular flexibility index (Phi) is 2.83. The summed E-state index contributed by atoms with van der Waals surface area (Å²) in [6.45, 7) is 3.12. The van der Waals surface area contributed by atoms with Gasteiger partial charge < -0.3 is 10.0 Å². The second-order valence-corrected chi connectivity index (χ2v) is 5.24. The quantitative estimate of drug-likeness (QED) is 0.684. The summed E-state index contributed by atoms with van der Waals surface area (Å²) in [7, 11) is 0. The van der Waals surface area contributed by atoms with Gasteiger partial charge in [-0.3, -0.25) is 10.1 Å². The number of hydrogen-bond donors (Lipinski definition) is 1. The third-order valence-electron chi connectivity index (χ3n) is 3.82. The summed E-state index contributed by atoms with van der Waals surface area (Å²) in [4.78, 5) is 16.8. The van der Waals surface area contributed by atoms with Crippen LogP contribution in [0.2, 0.25) is 0 Å². The van der Waals surface area contributed by atoms with Gasteiger partial charge in [0.1, 0.15) is 5.82 Å². The zero-order valence-corrected chi connectivity index (χ0v) is 11.1. The molecule has 0 bridgehead atoms. The Morgan fingerprint density at radius 3 is 2.80 bits per heavy atom. The van der Waals surface area contributed by atoms with Crippen LogP contribution in [0.1, 0.15) is 13.3 Å². The van der Waals surface area contributed by atoms with E-state index in [9.17, 15) is 15.2 Å². The normalized spacial score (nSPS) is 17.0. The molecule has 0 atom stereocenters. The van der Waals surface area contributed by atoms with Gasteiger partial charge in [0.15, 0.2) is 0 Å². The molecule has 2 aromatic rings. The molecule has 0 saturated carbocycles. The molecule has 6 nitrogen and oxygen atoms in total. The highest BCUT2D eigenvalue weighted by Crippen LogP contribution is 2.30. The largest absolute Gasteiger partial charge is 0.386 e.